The van der Waals surface area contributed by atoms with Crippen molar-refractivity contribution in [1.82, 2.24) is 15.0 Å². The van der Waals surface area contributed by atoms with Crippen LogP contribution in [0.3, 0.4) is 0 Å². The second-order valence-corrected chi connectivity index (χ2v) is 14.6. The van der Waals surface area contributed by atoms with E-state index in [1.807, 2.05) is 12.1 Å². The van der Waals surface area contributed by atoms with Crippen molar-refractivity contribution in [2.75, 3.05) is 0 Å². The first-order valence-corrected chi connectivity index (χ1v) is 18.4. The van der Waals surface area contributed by atoms with Gasteiger partial charge in [-0.15, -0.1) is 0 Å². The molecule has 0 unspecified atom stereocenters. The summed E-state index contributed by atoms with van der Waals surface area (Å²) in [4.78, 5) is 14.5. The van der Waals surface area contributed by atoms with E-state index in [9.17, 15) is 0 Å². The minimum atomic E-state index is 0.743. The fraction of sp³-hybridized carbons (Fsp3) is 0. The van der Waals surface area contributed by atoms with Gasteiger partial charge in [-0.3, -0.25) is 0 Å². The predicted molar refractivity (Wildman–Crippen MR) is 224 cm³/mol. The zero-order valence-corrected chi connectivity index (χ0v) is 30.9. The number of H-pyrrole nitrogens is 1. The second kappa shape index (κ2) is 13.0. The molecule has 0 aliphatic carbocycles. The van der Waals surface area contributed by atoms with Crippen LogP contribution in [-0.4, -0.2) is 15.0 Å². The summed E-state index contributed by atoms with van der Waals surface area (Å²) in [7, 11) is 0. The molecule has 8 bridgehead atoms. The first kappa shape index (κ1) is 31.0. The summed E-state index contributed by atoms with van der Waals surface area (Å²) in [5.74, 6) is 0. The lowest BCUT2D eigenvalue weighted by Gasteiger charge is -2.07. The number of nitrogens with one attached hydrogen (secondary N) is 1. The topological polar surface area (TPSA) is 54.7 Å². The summed E-state index contributed by atoms with van der Waals surface area (Å²) in [6.07, 6.45) is 8.43. The maximum Gasteiger partial charge on any atom is 0.137 e. The van der Waals surface area contributed by atoms with E-state index in [0.717, 1.165) is 89.5 Å². The van der Waals surface area contributed by atoms with Gasteiger partial charge in [-0.05, 0) is 140 Å². The number of fused-ring (bicyclic) bond motifs is 8. The van der Waals surface area contributed by atoms with Gasteiger partial charge in [0.1, 0.15) is 11.2 Å². The van der Waals surface area contributed by atoms with Crippen LogP contribution in [0.4, 0.5) is 0 Å². The Morgan fingerprint density at radius 3 is 1.14 bits per heavy atom. The number of hydrogen-bond donors (Lipinski definition) is 1. The third kappa shape index (κ3) is 5.72. The van der Waals surface area contributed by atoms with Crippen LogP contribution in [0.2, 0.25) is 0 Å². The van der Waals surface area contributed by atoms with Crippen LogP contribution >= 0.6 is 45.2 Å². The van der Waals surface area contributed by atoms with Gasteiger partial charge in [-0.25, -0.2) is 9.97 Å². The number of halogens is 2. The molecule has 0 amide bonds. The molecular weight excluding hydrogens is 840 g/mol. The van der Waals surface area contributed by atoms with Crippen molar-refractivity contribution < 1.29 is 4.42 Å². The molecule has 4 aromatic carbocycles. The number of rotatable bonds is 4. The summed E-state index contributed by atoms with van der Waals surface area (Å²) in [5.41, 5.74) is 15.0. The molecule has 0 fully saturated rings. The molecule has 5 heterocycles. The average Bonchev–Trinajstić information content (AvgIpc) is 3.98. The zero-order chi connectivity index (χ0) is 33.6. The van der Waals surface area contributed by atoms with E-state index < -0.39 is 0 Å². The largest absolute Gasteiger partial charge is 0.456 e. The van der Waals surface area contributed by atoms with Gasteiger partial charge in [0.2, 0.25) is 0 Å². The number of hydrogen-bond acceptors (Lipinski definition) is 3. The molecule has 6 heteroatoms. The molecule has 2 aliphatic heterocycles. The molecule has 0 saturated carbocycles. The van der Waals surface area contributed by atoms with Crippen molar-refractivity contribution in [1.29, 1.82) is 0 Å². The fourth-order valence-corrected chi connectivity index (χ4v) is 7.45. The van der Waals surface area contributed by atoms with Crippen molar-refractivity contribution in [3.8, 4) is 44.5 Å². The molecule has 1 N–H and O–H groups in total. The Balaban J connectivity index is 1.48. The van der Waals surface area contributed by atoms with Crippen LogP contribution in [0, 0.1) is 7.14 Å². The molecule has 0 saturated heterocycles. The third-order valence-corrected chi connectivity index (χ3v) is 10.5. The van der Waals surface area contributed by atoms with E-state index in [-0.39, 0.29) is 0 Å². The van der Waals surface area contributed by atoms with Crippen molar-refractivity contribution in [2.24, 2.45) is 0 Å². The molecular formula is C44H27I2N3O. The first-order valence-electron chi connectivity index (χ1n) is 16.3. The van der Waals surface area contributed by atoms with E-state index in [0.29, 0.717) is 0 Å². The van der Waals surface area contributed by atoms with Gasteiger partial charge < -0.3 is 9.40 Å². The van der Waals surface area contributed by atoms with Gasteiger partial charge in [0.05, 0.1) is 33.9 Å². The lowest BCUT2D eigenvalue weighted by molar-refractivity contribution is 0.667. The number of aromatic amines is 1. The Hall–Kier alpha value is -5.06. The van der Waals surface area contributed by atoms with Gasteiger partial charge in [-0.1, -0.05) is 84.9 Å². The average molecular weight is 868 g/mol. The predicted octanol–water partition coefficient (Wildman–Crippen LogP) is 12.8. The molecule has 0 atom stereocenters. The summed E-state index contributed by atoms with van der Waals surface area (Å²) >= 11 is 4.71. The Bertz CT molecular complexity index is 2460. The molecule has 7 aromatic rings. The highest BCUT2D eigenvalue weighted by molar-refractivity contribution is 14.1. The van der Waals surface area contributed by atoms with Crippen molar-refractivity contribution >= 4 is 91.7 Å². The molecule has 4 nitrogen and oxygen atoms in total. The number of benzene rings is 4. The minimum absolute atomic E-state index is 0.743. The van der Waals surface area contributed by atoms with Crippen molar-refractivity contribution in [3.63, 3.8) is 0 Å². The highest BCUT2D eigenvalue weighted by atomic mass is 127. The van der Waals surface area contributed by atoms with Gasteiger partial charge >= 0.3 is 0 Å². The molecule has 0 radical (unpaired) electrons. The van der Waals surface area contributed by atoms with E-state index in [2.05, 4.69) is 196 Å². The maximum atomic E-state index is 6.85. The number of furan rings is 1. The molecule has 50 heavy (non-hydrogen) atoms. The number of nitrogens with zero attached hydrogens (tertiary/aromatic N) is 2. The van der Waals surface area contributed by atoms with Crippen LogP contribution in [0.15, 0.2) is 138 Å². The van der Waals surface area contributed by atoms with Crippen molar-refractivity contribution in [2.45, 2.75) is 0 Å². The molecule has 3 aromatic heterocycles. The van der Waals surface area contributed by atoms with Gasteiger partial charge in [0, 0.05) is 29.3 Å². The maximum absolute atomic E-state index is 6.85. The monoisotopic (exact) mass is 867 g/mol. The normalized spacial score (nSPS) is 12.0. The van der Waals surface area contributed by atoms with E-state index >= 15 is 0 Å². The van der Waals surface area contributed by atoms with Crippen LogP contribution in [-0.2, 0) is 0 Å². The first-order chi connectivity index (χ1) is 24.6. The second-order valence-electron chi connectivity index (χ2n) is 12.1. The van der Waals surface area contributed by atoms with E-state index in [1.54, 1.807) is 0 Å². The highest BCUT2D eigenvalue weighted by Gasteiger charge is 2.19. The highest BCUT2D eigenvalue weighted by Crippen LogP contribution is 2.39. The van der Waals surface area contributed by atoms with Crippen LogP contribution in [0.5, 0.6) is 0 Å². The van der Waals surface area contributed by atoms with Crippen molar-refractivity contribution in [3.05, 3.63) is 163 Å². The summed E-state index contributed by atoms with van der Waals surface area (Å²) in [6, 6.07) is 46.4. The van der Waals surface area contributed by atoms with Gasteiger partial charge in [0.25, 0.3) is 0 Å². The van der Waals surface area contributed by atoms with Gasteiger partial charge in [0.15, 0.2) is 0 Å². The quantitative estimate of drug-likeness (QED) is 0.179. The Labute approximate surface area is 316 Å². The summed E-state index contributed by atoms with van der Waals surface area (Å²) in [5, 5.41) is 0. The SMILES string of the molecule is Ic1ccc(-c2c3nc(c(-c4ccccc4)c4ccc(o4)c(-c4ccccc4)c4nc(c(-c5ccc(I)cc5)c5ccc2[nH]5)C=C4)C=C3)cc1. The van der Waals surface area contributed by atoms with Crippen LogP contribution in [0.1, 0.15) is 22.8 Å². The molecule has 238 valence electrons. The summed E-state index contributed by atoms with van der Waals surface area (Å²) in [6.45, 7) is 0. The third-order valence-electron chi connectivity index (χ3n) is 9.02. The van der Waals surface area contributed by atoms with Crippen LogP contribution in [0.25, 0.3) is 91.0 Å². The number of aromatic nitrogens is 3. The Morgan fingerprint density at radius 1 is 0.380 bits per heavy atom. The van der Waals surface area contributed by atoms with E-state index in [4.69, 9.17) is 14.4 Å². The zero-order valence-electron chi connectivity index (χ0n) is 26.6. The van der Waals surface area contributed by atoms with Gasteiger partial charge in [-0.2, -0.15) is 0 Å². The van der Waals surface area contributed by atoms with Crippen LogP contribution < -0.4 is 0 Å². The fourth-order valence-electron chi connectivity index (χ4n) is 6.73. The Kier molecular flexibility index (Phi) is 8.05. The standard InChI is InChI=1S/C44H27I2N3O/c45-31-15-11-29(12-16-31)41-33-19-20-34(47-33)42(30-13-17-32(46)18-14-30)36-22-24-38(49-36)44(28-9-5-2-6-10-28)40-26-25-39(50-40)43(27-7-3-1-4-8-27)37-23-21-35(41)48-37/h1-26,47H. The Morgan fingerprint density at radius 2 is 0.740 bits per heavy atom. The minimum Gasteiger partial charge on any atom is -0.456 e. The molecule has 2 aliphatic rings. The van der Waals surface area contributed by atoms with E-state index in [1.165, 1.54) is 7.14 Å². The lowest BCUT2D eigenvalue weighted by Crippen LogP contribution is -1.89. The molecule has 0 spiro atoms. The molecule has 9 rings (SSSR count). The summed E-state index contributed by atoms with van der Waals surface area (Å²) < 4.78 is 9.20. The lowest BCUT2D eigenvalue weighted by atomic mass is 10.0. The smallest absolute Gasteiger partial charge is 0.137 e.